The summed E-state index contributed by atoms with van der Waals surface area (Å²) in [7, 11) is 0. The Kier molecular flexibility index (Phi) is 2.64. The summed E-state index contributed by atoms with van der Waals surface area (Å²) in [4.78, 5) is 4.33. The zero-order valence-corrected chi connectivity index (χ0v) is 11.2. The second kappa shape index (κ2) is 4.10. The van der Waals surface area contributed by atoms with E-state index in [1.165, 1.54) is 0 Å². The molecular formula is C15H19N3O. The van der Waals surface area contributed by atoms with Gasteiger partial charge in [0.15, 0.2) is 0 Å². The zero-order valence-electron chi connectivity index (χ0n) is 11.2. The first-order valence-corrected chi connectivity index (χ1v) is 6.58. The van der Waals surface area contributed by atoms with Crippen molar-refractivity contribution in [1.82, 2.24) is 4.98 Å². The largest absolute Gasteiger partial charge is 0.397 e. The van der Waals surface area contributed by atoms with E-state index in [9.17, 15) is 5.11 Å². The van der Waals surface area contributed by atoms with Crippen LogP contribution >= 0.6 is 0 Å². The maximum atomic E-state index is 9.81. The van der Waals surface area contributed by atoms with Crippen molar-refractivity contribution in [3.05, 3.63) is 30.5 Å². The third-order valence-corrected chi connectivity index (χ3v) is 4.35. The Morgan fingerprint density at radius 3 is 2.84 bits per heavy atom. The molecular weight excluding hydrogens is 238 g/mol. The van der Waals surface area contributed by atoms with Gasteiger partial charge in [0.2, 0.25) is 0 Å². The highest BCUT2D eigenvalue weighted by molar-refractivity contribution is 5.97. The number of anilines is 2. The number of aliphatic hydroxyl groups is 1. The summed E-state index contributed by atoms with van der Waals surface area (Å²) in [6.45, 7) is 4.16. The molecule has 1 aromatic heterocycles. The zero-order chi connectivity index (χ0) is 13.6. The summed E-state index contributed by atoms with van der Waals surface area (Å²) in [5, 5.41) is 14.4. The Balaban J connectivity index is 1.96. The minimum absolute atomic E-state index is 0.101. The number of aliphatic hydroxyl groups excluding tert-OH is 1. The van der Waals surface area contributed by atoms with Gasteiger partial charge in [-0.25, -0.2) is 0 Å². The van der Waals surface area contributed by atoms with E-state index in [1.807, 2.05) is 24.3 Å². The van der Waals surface area contributed by atoms with E-state index in [2.05, 4.69) is 24.1 Å². The van der Waals surface area contributed by atoms with E-state index in [-0.39, 0.29) is 17.6 Å². The first kappa shape index (κ1) is 12.2. The molecule has 1 aliphatic rings. The monoisotopic (exact) mass is 257 g/mol. The van der Waals surface area contributed by atoms with E-state index in [4.69, 9.17) is 5.73 Å². The number of aromatic nitrogens is 1. The van der Waals surface area contributed by atoms with Crippen molar-refractivity contribution in [3.63, 3.8) is 0 Å². The lowest BCUT2D eigenvalue weighted by molar-refractivity contribution is -0.0510. The van der Waals surface area contributed by atoms with Crippen LogP contribution in [-0.4, -0.2) is 22.2 Å². The Labute approximate surface area is 112 Å². The predicted molar refractivity (Wildman–Crippen MR) is 78.0 cm³/mol. The fourth-order valence-electron chi connectivity index (χ4n) is 2.66. The highest BCUT2D eigenvalue weighted by Gasteiger charge is 2.47. The molecule has 4 N–H and O–H groups in total. The van der Waals surface area contributed by atoms with Gasteiger partial charge in [-0.3, -0.25) is 4.98 Å². The van der Waals surface area contributed by atoms with Crippen LogP contribution in [0.2, 0.25) is 0 Å². The van der Waals surface area contributed by atoms with Gasteiger partial charge in [-0.1, -0.05) is 26.0 Å². The number of benzene rings is 1. The molecule has 0 radical (unpaired) electrons. The lowest BCUT2D eigenvalue weighted by Gasteiger charge is -2.50. The third-order valence-electron chi connectivity index (χ3n) is 4.35. The molecule has 2 unspecified atom stereocenters. The molecule has 1 fully saturated rings. The molecule has 100 valence electrons. The van der Waals surface area contributed by atoms with Gasteiger partial charge >= 0.3 is 0 Å². The van der Waals surface area contributed by atoms with Gasteiger partial charge in [0.25, 0.3) is 0 Å². The highest BCUT2D eigenvalue weighted by Crippen LogP contribution is 2.43. The van der Waals surface area contributed by atoms with Crippen LogP contribution < -0.4 is 11.1 Å². The maximum Gasteiger partial charge on any atom is 0.0951 e. The number of para-hydroxylation sites is 1. The van der Waals surface area contributed by atoms with Crippen LogP contribution in [0.4, 0.5) is 11.4 Å². The van der Waals surface area contributed by atoms with Gasteiger partial charge in [-0.2, -0.15) is 0 Å². The first-order valence-electron chi connectivity index (χ1n) is 6.58. The number of hydrogen-bond donors (Lipinski definition) is 3. The Morgan fingerprint density at radius 1 is 1.37 bits per heavy atom. The molecule has 2 atom stereocenters. The molecule has 1 heterocycles. The number of nitrogen functional groups attached to an aromatic ring is 1. The number of nitrogens with one attached hydrogen (secondary N) is 1. The average molecular weight is 257 g/mol. The number of fused-ring (bicyclic) bond motifs is 1. The van der Waals surface area contributed by atoms with Crippen LogP contribution in [-0.2, 0) is 0 Å². The van der Waals surface area contributed by atoms with Crippen LogP contribution in [0.25, 0.3) is 10.9 Å². The molecule has 19 heavy (non-hydrogen) atoms. The maximum absolute atomic E-state index is 9.81. The van der Waals surface area contributed by atoms with Crippen molar-refractivity contribution < 1.29 is 5.11 Å². The molecule has 4 heteroatoms. The van der Waals surface area contributed by atoms with Gasteiger partial charge in [0.05, 0.1) is 17.3 Å². The van der Waals surface area contributed by atoms with E-state index in [1.54, 1.807) is 6.20 Å². The van der Waals surface area contributed by atoms with Crippen molar-refractivity contribution in [2.45, 2.75) is 32.4 Å². The molecule has 1 saturated carbocycles. The van der Waals surface area contributed by atoms with Crippen LogP contribution in [0.1, 0.15) is 20.3 Å². The predicted octanol–water partition coefficient (Wildman–Crippen LogP) is 2.39. The second-order valence-electron chi connectivity index (χ2n) is 5.87. The fourth-order valence-corrected chi connectivity index (χ4v) is 2.66. The molecule has 2 aromatic rings. The van der Waals surface area contributed by atoms with Crippen molar-refractivity contribution in [1.29, 1.82) is 0 Å². The van der Waals surface area contributed by atoms with Crippen LogP contribution in [0.5, 0.6) is 0 Å². The van der Waals surface area contributed by atoms with Crippen molar-refractivity contribution in [2.24, 2.45) is 5.41 Å². The van der Waals surface area contributed by atoms with E-state index in [0.29, 0.717) is 5.69 Å². The molecule has 1 aliphatic carbocycles. The first-order chi connectivity index (χ1) is 9.00. The van der Waals surface area contributed by atoms with Crippen LogP contribution in [0.15, 0.2) is 30.5 Å². The van der Waals surface area contributed by atoms with Gasteiger partial charge in [-0.15, -0.1) is 0 Å². The quantitative estimate of drug-likeness (QED) is 0.722. The molecule has 1 aromatic carbocycles. The summed E-state index contributed by atoms with van der Waals surface area (Å²) < 4.78 is 0. The van der Waals surface area contributed by atoms with Crippen molar-refractivity contribution in [2.75, 3.05) is 11.1 Å². The highest BCUT2D eigenvalue weighted by atomic mass is 16.3. The summed E-state index contributed by atoms with van der Waals surface area (Å²) >= 11 is 0. The van der Waals surface area contributed by atoms with Crippen molar-refractivity contribution in [3.8, 4) is 0 Å². The normalized spacial score (nSPS) is 25.0. The number of nitrogens with zero attached hydrogens (tertiary/aromatic N) is 1. The molecule has 0 amide bonds. The number of nitrogens with two attached hydrogens (primary N) is 1. The van der Waals surface area contributed by atoms with Crippen molar-refractivity contribution >= 4 is 22.3 Å². The van der Waals surface area contributed by atoms with E-state index < -0.39 is 0 Å². The summed E-state index contributed by atoms with van der Waals surface area (Å²) in [6.07, 6.45) is 2.31. The fraction of sp³-hybridized carbons (Fsp3) is 0.400. The Morgan fingerprint density at radius 2 is 2.16 bits per heavy atom. The van der Waals surface area contributed by atoms with Gasteiger partial charge in [0.1, 0.15) is 0 Å². The number of rotatable bonds is 2. The molecule has 0 saturated heterocycles. The average Bonchev–Trinajstić information content (AvgIpc) is 2.39. The Hall–Kier alpha value is -1.81. The van der Waals surface area contributed by atoms with Crippen LogP contribution in [0, 0.1) is 5.41 Å². The van der Waals surface area contributed by atoms with E-state index in [0.717, 1.165) is 23.0 Å². The van der Waals surface area contributed by atoms with Gasteiger partial charge < -0.3 is 16.2 Å². The van der Waals surface area contributed by atoms with Gasteiger partial charge in [-0.05, 0) is 18.6 Å². The lowest BCUT2D eigenvalue weighted by atomic mass is 9.64. The standard InChI is InChI=1S/C15H19N3O/c1-15(2)12(8-13(15)19)18-11-6-7-17-14-9(11)4-3-5-10(14)16/h3-7,12-13,19H,8,16H2,1-2H3,(H,17,18). The minimum atomic E-state index is -0.233. The van der Waals surface area contributed by atoms with E-state index >= 15 is 0 Å². The topological polar surface area (TPSA) is 71.2 Å². The van der Waals surface area contributed by atoms with Gasteiger partial charge in [0, 0.05) is 28.7 Å². The third kappa shape index (κ3) is 1.83. The minimum Gasteiger partial charge on any atom is -0.397 e. The second-order valence-corrected chi connectivity index (χ2v) is 5.87. The lowest BCUT2D eigenvalue weighted by Crippen LogP contribution is -2.56. The molecule has 0 spiro atoms. The SMILES string of the molecule is CC1(C)C(O)CC1Nc1ccnc2c(N)cccc12. The Bertz CT molecular complexity index is 624. The molecule has 0 bridgehead atoms. The molecule has 0 aliphatic heterocycles. The molecule has 4 nitrogen and oxygen atoms in total. The summed E-state index contributed by atoms with van der Waals surface area (Å²) in [5.41, 5.74) is 8.39. The molecule has 3 rings (SSSR count). The summed E-state index contributed by atoms with van der Waals surface area (Å²) in [5.74, 6) is 0. The smallest absolute Gasteiger partial charge is 0.0951 e. The number of pyridine rings is 1. The number of hydrogen-bond acceptors (Lipinski definition) is 4. The van der Waals surface area contributed by atoms with Crippen LogP contribution in [0.3, 0.4) is 0 Å². The summed E-state index contributed by atoms with van der Waals surface area (Å²) in [6, 6.07) is 8.04.